The molecule has 7 aromatic rings. The van der Waals surface area contributed by atoms with E-state index < -0.39 is 49.4 Å². The molecule has 2 aromatic heterocycles. The molecule has 0 atom stereocenters. The van der Waals surface area contributed by atoms with Crippen molar-refractivity contribution in [1.29, 1.82) is 0 Å². The number of carbonyl (C=O) groups excluding carboxylic acids is 4. The predicted octanol–water partition coefficient (Wildman–Crippen LogP) is 6.77. The number of nitrogens with one attached hydrogen (secondary N) is 4. The number of hydrogen-bond acceptors (Lipinski definition) is 10. The summed E-state index contributed by atoms with van der Waals surface area (Å²) in [7, 11) is 0. The number of carboxylic acid groups (broad SMARTS) is 1. The van der Waals surface area contributed by atoms with Crippen molar-refractivity contribution < 1.29 is 43.3 Å². The van der Waals surface area contributed by atoms with Gasteiger partial charge in [0.15, 0.2) is 19.8 Å². The maximum atomic E-state index is 13.5. The molecule has 3 heterocycles. The smallest absolute Gasteiger partial charge is 0.341 e. The first-order chi connectivity index (χ1) is 28.7. The topological polar surface area (TPSA) is 207 Å². The number of amides is 4. The Morgan fingerprint density at radius 1 is 0.559 bits per heavy atom. The van der Waals surface area contributed by atoms with Crippen LogP contribution in [0.1, 0.15) is 20.7 Å². The molecule has 0 saturated heterocycles. The molecular formula is C44H32N6O9. The zero-order valence-corrected chi connectivity index (χ0v) is 30.9. The fraction of sp³-hybridized carbons (Fsp3) is 0.0682. The molecular weight excluding hydrogens is 757 g/mol. The van der Waals surface area contributed by atoms with E-state index in [9.17, 15) is 29.1 Å². The van der Waals surface area contributed by atoms with Gasteiger partial charge in [-0.15, -0.1) is 0 Å². The summed E-state index contributed by atoms with van der Waals surface area (Å²) in [5.74, 6) is -2.79. The van der Waals surface area contributed by atoms with E-state index in [1.165, 1.54) is 42.5 Å². The first kappa shape index (κ1) is 37.6. The third kappa shape index (κ3) is 8.58. The van der Waals surface area contributed by atoms with Crippen molar-refractivity contribution in [3.63, 3.8) is 0 Å². The Morgan fingerprint density at radius 2 is 1.00 bits per heavy atom. The summed E-state index contributed by atoms with van der Waals surface area (Å²) in [6.07, 6.45) is 0. The number of anilines is 4. The van der Waals surface area contributed by atoms with Crippen molar-refractivity contribution in [2.24, 2.45) is 0 Å². The van der Waals surface area contributed by atoms with Crippen LogP contribution in [-0.4, -0.2) is 64.5 Å². The van der Waals surface area contributed by atoms with E-state index in [0.29, 0.717) is 22.6 Å². The van der Waals surface area contributed by atoms with Crippen molar-refractivity contribution in [3.8, 4) is 28.4 Å². The Labute approximate surface area is 335 Å². The number of fused-ring (bicyclic) bond motifs is 13. The van der Waals surface area contributed by atoms with E-state index in [0.717, 1.165) is 21.5 Å². The monoisotopic (exact) mass is 788 g/mol. The molecule has 59 heavy (non-hydrogen) atoms. The SMILES string of the molecule is O=C(O)COc1cc2cc(c1)C(=O)Nc1cccc(n1)NC(=O)COc1ccc3ccccc3c1-c1c(ccc3ccccc13)OCC(=O)Nc1cccc(n1)NC2=O. The molecule has 0 unspecified atom stereocenters. The Kier molecular flexibility index (Phi) is 10.5. The summed E-state index contributed by atoms with van der Waals surface area (Å²) in [5.41, 5.74) is 1.15. The van der Waals surface area contributed by atoms with Gasteiger partial charge in [-0.3, -0.25) is 19.2 Å². The Morgan fingerprint density at radius 3 is 1.46 bits per heavy atom. The lowest BCUT2D eigenvalue weighted by Gasteiger charge is -2.19. The second-order valence-corrected chi connectivity index (χ2v) is 13.1. The molecule has 292 valence electrons. The van der Waals surface area contributed by atoms with Gasteiger partial charge in [0.25, 0.3) is 23.6 Å². The number of carboxylic acids is 1. The van der Waals surface area contributed by atoms with Crippen molar-refractivity contribution in [2.45, 2.75) is 0 Å². The van der Waals surface area contributed by atoms with E-state index >= 15 is 0 Å². The van der Waals surface area contributed by atoms with Crippen molar-refractivity contribution in [2.75, 3.05) is 41.1 Å². The van der Waals surface area contributed by atoms with E-state index in [4.69, 9.17) is 14.2 Å². The molecule has 1 aliphatic rings. The van der Waals surface area contributed by atoms with E-state index in [1.54, 1.807) is 24.3 Å². The summed E-state index contributed by atoms with van der Waals surface area (Å²) < 4.78 is 17.8. The van der Waals surface area contributed by atoms with Gasteiger partial charge in [-0.25, -0.2) is 14.8 Å². The minimum Gasteiger partial charge on any atom is -0.483 e. The van der Waals surface area contributed by atoms with Gasteiger partial charge in [-0.1, -0.05) is 72.8 Å². The molecule has 6 bridgehead atoms. The Hall–Kier alpha value is -8.33. The van der Waals surface area contributed by atoms with Crippen LogP contribution in [0.5, 0.6) is 17.2 Å². The molecule has 15 nitrogen and oxygen atoms in total. The van der Waals surface area contributed by atoms with Crippen LogP contribution in [0.15, 0.2) is 127 Å². The average Bonchev–Trinajstić information content (AvgIpc) is 3.23. The molecule has 15 heteroatoms. The van der Waals surface area contributed by atoms with Gasteiger partial charge in [0, 0.05) is 22.3 Å². The number of ether oxygens (including phenoxy) is 3. The highest BCUT2D eigenvalue weighted by Crippen LogP contribution is 2.45. The number of pyridine rings is 2. The zero-order chi connectivity index (χ0) is 40.9. The minimum absolute atomic E-state index is 0.0606. The fourth-order valence-corrected chi connectivity index (χ4v) is 6.52. The standard InChI is InChI=1S/C44H32N6O9/c51-38-22-58-32-17-15-25-7-1-3-9-30(25)41(32)42-31-10-4-2-8-26(31)16-18-33(42)59-23-39(52)48-35-12-6-14-37(46-35)50-44(56)28-19-27(20-29(21-28)57-24-40(53)54)43(55)49-36-13-5-11-34(45-36)47-38/h1-21H,22-24H2,(H,53,54)(H2,45,47,49,51,55)(H2,46,48,50,52,56). The first-order valence-corrected chi connectivity index (χ1v) is 18.1. The fourth-order valence-electron chi connectivity index (χ4n) is 6.52. The Bertz CT molecular complexity index is 2650. The molecule has 4 amide bonds. The van der Waals surface area contributed by atoms with Gasteiger partial charge in [0.1, 0.15) is 40.5 Å². The van der Waals surface area contributed by atoms with E-state index in [-0.39, 0.29) is 40.1 Å². The molecule has 0 fully saturated rings. The Balaban J connectivity index is 1.19. The number of rotatable bonds is 3. The number of hydrogen-bond donors (Lipinski definition) is 5. The molecule has 8 rings (SSSR count). The molecule has 0 aliphatic carbocycles. The lowest BCUT2D eigenvalue weighted by atomic mass is 9.92. The molecule has 0 radical (unpaired) electrons. The molecule has 5 aromatic carbocycles. The van der Waals surface area contributed by atoms with Crippen LogP contribution < -0.4 is 35.5 Å². The summed E-state index contributed by atoms with van der Waals surface area (Å²) >= 11 is 0. The van der Waals surface area contributed by atoms with Crippen molar-refractivity contribution in [1.82, 2.24) is 9.97 Å². The number of nitrogens with zero attached hydrogens (tertiary/aromatic N) is 2. The number of aromatic nitrogens is 2. The summed E-state index contributed by atoms with van der Waals surface area (Å²) in [4.78, 5) is 73.8. The maximum Gasteiger partial charge on any atom is 0.341 e. The molecule has 0 spiro atoms. The third-order valence-electron chi connectivity index (χ3n) is 9.06. The molecule has 5 N–H and O–H groups in total. The van der Waals surface area contributed by atoms with E-state index in [1.807, 2.05) is 60.7 Å². The summed E-state index contributed by atoms with van der Waals surface area (Å²) in [5, 5.41) is 23.3. The molecule has 1 aliphatic heterocycles. The zero-order valence-electron chi connectivity index (χ0n) is 30.9. The number of benzene rings is 5. The summed E-state index contributed by atoms with van der Waals surface area (Å²) in [6.45, 7) is -1.59. The van der Waals surface area contributed by atoms with Gasteiger partial charge in [-0.05, 0) is 76.1 Å². The van der Waals surface area contributed by atoms with Gasteiger partial charge in [0.2, 0.25) is 0 Å². The van der Waals surface area contributed by atoms with Crippen LogP contribution in [-0.2, 0) is 14.4 Å². The van der Waals surface area contributed by atoms with Crippen LogP contribution >= 0.6 is 0 Å². The van der Waals surface area contributed by atoms with Crippen LogP contribution in [0.2, 0.25) is 0 Å². The first-order valence-electron chi connectivity index (χ1n) is 18.1. The highest BCUT2D eigenvalue weighted by molar-refractivity contribution is 6.11. The minimum atomic E-state index is -1.27. The van der Waals surface area contributed by atoms with Gasteiger partial charge in [0.05, 0.1) is 0 Å². The lowest BCUT2D eigenvalue weighted by Crippen LogP contribution is -2.22. The quantitative estimate of drug-likeness (QED) is 0.126. The highest BCUT2D eigenvalue weighted by Gasteiger charge is 2.22. The maximum absolute atomic E-state index is 13.5. The molecule has 0 saturated carbocycles. The van der Waals surface area contributed by atoms with Gasteiger partial charge in [-0.2, -0.15) is 0 Å². The van der Waals surface area contributed by atoms with Crippen LogP contribution in [0, 0.1) is 0 Å². The highest BCUT2D eigenvalue weighted by atomic mass is 16.5. The van der Waals surface area contributed by atoms with Crippen LogP contribution in [0.4, 0.5) is 23.3 Å². The predicted molar refractivity (Wildman–Crippen MR) is 219 cm³/mol. The van der Waals surface area contributed by atoms with Crippen molar-refractivity contribution in [3.05, 3.63) is 139 Å². The second kappa shape index (κ2) is 16.4. The van der Waals surface area contributed by atoms with Gasteiger partial charge >= 0.3 is 5.97 Å². The average molecular weight is 789 g/mol. The van der Waals surface area contributed by atoms with Crippen LogP contribution in [0.3, 0.4) is 0 Å². The van der Waals surface area contributed by atoms with Crippen molar-refractivity contribution >= 4 is 74.4 Å². The number of carbonyl (C=O) groups is 5. The second-order valence-electron chi connectivity index (χ2n) is 13.1. The largest absolute Gasteiger partial charge is 0.483 e. The van der Waals surface area contributed by atoms with Gasteiger partial charge < -0.3 is 40.6 Å². The normalized spacial score (nSPS) is 13.4. The third-order valence-corrected chi connectivity index (χ3v) is 9.06. The van der Waals surface area contributed by atoms with Crippen LogP contribution in [0.25, 0.3) is 32.7 Å². The number of aliphatic carboxylic acids is 1. The lowest BCUT2D eigenvalue weighted by molar-refractivity contribution is -0.139. The van der Waals surface area contributed by atoms with E-state index in [2.05, 4.69) is 31.2 Å². The summed E-state index contributed by atoms with van der Waals surface area (Å²) in [6, 6.07) is 35.7.